The Kier molecular flexibility index (Phi) is 56.8. The van der Waals surface area contributed by atoms with E-state index >= 15 is 0 Å². The Morgan fingerprint density at radius 1 is 0.292 bits per heavy atom. The number of carbonyl (C=O) groups is 3. The van der Waals surface area contributed by atoms with Crippen molar-refractivity contribution in [1.29, 1.82) is 0 Å². The van der Waals surface area contributed by atoms with E-state index in [1.54, 1.807) is 0 Å². The van der Waals surface area contributed by atoms with Crippen LogP contribution in [0.3, 0.4) is 0 Å². The van der Waals surface area contributed by atoms with E-state index in [1.807, 2.05) is 0 Å². The normalized spacial score (nSPS) is 12.8. The Balaban J connectivity index is 4.26. The number of carbonyl (C=O) groups excluding carboxylic acids is 3. The molecule has 0 aliphatic heterocycles. The molecule has 6 heteroatoms. The van der Waals surface area contributed by atoms with Gasteiger partial charge in [0.15, 0.2) is 6.10 Å². The first-order valence-electron chi connectivity index (χ1n) is 30.2. The maximum Gasteiger partial charge on any atom is 0.306 e. The van der Waals surface area contributed by atoms with Crippen LogP contribution in [0.5, 0.6) is 0 Å². The minimum absolute atomic E-state index is 0.0817. The number of hydrogen-bond acceptors (Lipinski definition) is 6. The molecule has 0 bridgehead atoms. The van der Waals surface area contributed by atoms with Gasteiger partial charge in [0, 0.05) is 19.3 Å². The molecule has 0 spiro atoms. The van der Waals surface area contributed by atoms with Crippen molar-refractivity contribution in [3.8, 4) is 0 Å². The molecule has 0 aliphatic rings. The zero-order chi connectivity index (χ0) is 52.2. The summed E-state index contributed by atoms with van der Waals surface area (Å²) in [5.74, 6) is -0.895. The molecule has 0 aromatic carbocycles. The van der Waals surface area contributed by atoms with Crippen LogP contribution in [-0.4, -0.2) is 37.2 Å². The molecule has 0 rings (SSSR count). The molecular formula is C66H112O6. The third-order valence-corrected chi connectivity index (χ3v) is 12.8. The topological polar surface area (TPSA) is 78.9 Å². The van der Waals surface area contributed by atoms with Gasteiger partial charge in [0.1, 0.15) is 13.2 Å². The van der Waals surface area contributed by atoms with Gasteiger partial charge in [0.2, 0.25) is 0 Å². The van der Waals surface area contributed by atoms with E-state index in [1.165, 1.54) is 128 Å². The SMILES string of the molecule is CC/C=C\C/C=C\C/C=C\C/C=C\C/C=C\C/C=C\CCCCCCCCCCC(=O)OCC(COC(=O)CCCCCCCCCCC)OC(=O)CCCCCCCCC/C=C\C/C=C\CCCCCC. The van der Waals surface area contributed by atoms with Crippen molar-refractivity contribution in [2.24, 2.45) is 0 Å². The van der Waals surface area contributed by atoms with Crippen LogP contribution in [-0.2, 0) is 28.6 Å². The Labute approximate surface area is 445 Å². The van der Waals surface area contributed by atoms with Crippen LogP contribution in [0.15, 0.2) is 97.2 Å². The zero-order valence-electron chi connectivity index (χ0n) is 47.2. The minimum atomic E-state index is -0.784. The molecular weight excluding hydrogens is 889 g/mol. The van der Waals surface area contributed by atoms with Crippen LogP contribution in [0.4, 0.5) is 0 Å². The third kappa shape index (κ3) is 57.2. The summed E-state index contributed by atoms with van der Waals surface area (Å²) in [6, 6.07) is 0. The van der Waals surface area contributed by atoms with E-state index in [-0.39, 0.29) is 31.1 Å². The maximum atomic E-state index is 12.8. The van der Waals surface area contributed by atoms with Gasteiger partial charge in [0.25, 0.3) is 0 Å². The van der Waals surface area contributed by atoms with Crippen LogP contribution >= 0.6 is 0 Å². The Bertz CT molecular complexity index is 1430. The van der Waals surface area contributed by atoms with Gasteiger partial charge in [-0.3, -0.25) is 14.4 Å². The smallest absolute Gasteiger partial charge is 0.306 e. The summed E-state index contributed by atoms with van der Waals surface area (Å²) < 4.78 is 16.8. The van der Waals surface area contributed by atoms with Gasteiger partial charge in [-0.2, -0.15) is 0 Å². The van der Waals surface area contributed by atoms with Crippen molar-refractivity contribution in [2.45, 2.75) is 290 Å². The molecule has 0 amide bonds. The highest BCUT2D eigenvalue weighted by Crippen LogP contribution is 2.15. The van der Waals surface area contributed by atoms with E-state index in [0.29, 0.717) is 19.3 Å². The molecule has 0 aromatic rings. The molecule has 0 saturated heterocycles. The first-order valence-corrected chi connectivity index (χ1v) is 30.2. The van der Waals surface area contributed by atoms with Gasteiger partial charge >= 0.3 is 17.9 Å². The second kappa shape index (κ2) is 59.9. The molecule has 0 aliphatic carbocycles. The number of rotatable bonds is 54. The molecule has 72 heavy (non-hydrogen) atoms. The lowest BCUT2D eigenvalue weighted by Gasteiger charge is -2.18. The van der Waals surface area contributed by atoms with E-state index in [9.17, 15) is 14.4 Å². The second-order valence-corrected chi connectivity index (χ2v) is 19.9. The van der Waals surface area contributed by atoms with Gasteiger partial charge in [-0.15, -0.1) is 0 Å². The number of allylic oxidation sites excluding steroid dienone is 16. The summed E-state index contributed by atoms with van der Waals surface area (Å²) in [5.41, 5.74) is 0. The third-order valence-electron chi connectivity index (χ3n) is 12.8. The lowest BCUT2D eigenvalue weighted by molar-refractivity contribution is -0.167. The van der Waals surface area contributed by atoms with Gasteiger partial charge in [0.05, 0.1) is 0 Å². The highest BCUT2D eigenvalue weighted by atomic mass is 16.6. The molecule has 0 fully saturated rings. The summed E-state index contributed by atoms with van der Waals surface area (Å²) in [4.78, 5) is 38.1. The van der Waals surface area contributed by atoms with Crippen molar-refractivity contribution in [1.82, 2.24) is 0 Å². The van der Waals surface area contributed by atoms with Crippen molar-refractivity contribution < 1.29 is 28.6 Å². The van der Waals surface area contributed by atoms with E-state index in [4.69, 9.17) is 14.2 Å². The van der Waals surface area contributed by atoms with E-state index in [2.05, 4.69) is 118 Å². The summed E-state index contributed by atoms with van der Waals surface area (Å²) in [5, 5.41) is 0. The lowest BCUT2D eigenvalue weighted by Crippen LogP contribution is -2.30. The monoisotopic (exact) mass is 1000 g/mol. The Morgan fingerprint density at radius 2 is 0.542 bits per heavy atom. The lowest BCUT2D eigenvalue weighted by atomic mass is 10.1. The van der Waals surface area contributed by atoms with Crippen LogP contribution in [0, 0.1) is 0 Å². The molecule has 0 N–H and O–H groups in total. The second-order valence-electron chi connectivity index (χ2n) is 19.9. The molecule has 0 heterocycles. The average molecular weight is 1000 g/mol. The predicted octanol–water partition coefficient (Wildman–Crippen LogP) is 20.5. The minimum Gasteiger partial charge on any atom is -0.462 e. The molecule has 412 valence electrons. The fourth-order valence-corrected chi connectivity index (χ4v) is 8.30. The van der Waals surface area contributed by atoms with Crippen LogP contribution in [0.25, 0.3) is 0 Å². The van der Waals surface area contributed by atoms with Crippen LogP contribution in [0.1, 0.15) is 284 Å². The maximum absolute atomic E-state index is 12.8. The van der Waals surface area contributed by atoms with Crippen molar-refractivity contribution in [3.63, 3.8) is 0 Å². The molecule has 6 nitrogen and oxygen atoms in total. The molecule has 0 aromatic heterocycles. The fraction of sp³-hybridized carbons (Fsp3) is 0.712. The highest BCUT2D eigenvalue weighted by Gasteiger charge is 2.19. The van der Waals surface area contributed by atoms with Crippen molar-refractivity contribution >= 4 is 17.9 Å². The van der Waals surface area contributed by atoms with Gasteiger partial charge in [-0.1, -0.05) is 259 Å². The van der Waals surface area contributed by atoms with Gasteiger partial charge in [-0.25, -0.2) is 0 Å². The summed E-state index contributed by atoms with van der Waals surface area (Å²) in [6.07, 6.45) is 79.8. The largest absolute Gasteiger partial charge is 0.462 e. The first-order chi connectivity index (χ1) is 35.5. The quantitative estimate of drug-likeness (QED) is 0.0261. The predicted molar refractivity (Wildman–Crippen MR) is 311 cm³/mol. The van der Waals surface area contributed by atoms with Crippen LogP contribution in [0.2, 0.25) is 0 Å². The average Bonchev–Trinajstić information content (AvgIpc) is 3.38. The molecule has 0 radical (unpaired) electrons. The number of unbranched alkanes of at least 4 members (excludes halogenated alkanes) is 27. The van der Waals surface area contributed by atoms with Crippen molar-refractivity contribution in [3.05, 3.63) is 97.2 Å². The summed E-state index contributed by atoms with van der Waals surface area (Å²) in [7, 11) is 0. The Morgan fingerprint density at radius 3 is 0.861 bits per heavy atom. The van der Waals surface area contributed by atoms with E-state index in [0.717, 1.165) is 116 Å². The summed E-state index contributed by atoms with van der Waals surface area (Å²) >= 11 is 0. The number of hydrogen-bond donors (Lipinski definition) is 0. The Hall–Kier alpha value is -3.67. The van der Waals surface area contributed by atoms with Crippen molar-refractivity contribution in [2.75, 3.05) is 13.2 Å². The molecule has 0 saturated carbocycles. The highest BCUT2D eigenvalue weighted by molar-refractivity contribution is 5.71. The fourth-order valence-electron chi connectivity index (χ4n) is 8.30. The number of ether oxygens (including phenoxy) is 3. The van der Waals surface area contributed by atoms with Gasteiger partial charge < -0.3 is 14.2 Å². The zero-order valence-corrected chi connectivity index (χ0v) is 47.2. The molecule has 1 unspecified atom stereocenters. The first kappa shape index (κ1) is 68.3. The van der Waals surface area contributed by atoms with Crippen LogP contribution < -0.4 is 0 Å². The number of esters is 3. The van der Waals surface area contributed by atoms with E-state index < -0.39 is 6.10 Å². The summed E-state index contributed by atoms with van der Waals surface area (Å²) in [6.45, 7) is 6.49. The van der Waals surface area contributed by atoms with Gasteiger partial charge in [-0.05, 0) is 103 Å². The standard InChI is InChI=1S/C66H112O6/c1-4-7-10-13-16-19-21-23-25-27-29-30-31-32-33-34-35-36-37-39-40-42-44-47-50-53-56-59-65(68)71-62-63(61-70-64(67)58-55-52-49-46-18-15-12-9-6-3)72-66(69)60-57-54-51-48-45-43-41-38-28-26-24-22-20-17-14-11-8-5-2/h7,10,16,19-20,22-23,25-26,28-30,32-33,35-36,63H,4-6,8-9,11-15,17-18,21,24,27,31,34,37-62H2,1-3H3/b10-7-,19-16-,22-20-,25-23-,28-26-,30-29-,33-32-,36-35-. The molecule has 1 atom stereocenters.